The molecule has 9 nitrogen and oxygen atoms in total. The van der Waals surface area contributed by atoms with Crippen molar-refractivity contribution in [2.75, 3.05) is 10.9 Å². The van der Waals surface area contributed by atoms with E-state index in [1.54, 1.807) is 0 Å². The van der Waals surface area contributed by atoms with Crippen molar-refractivity contribution in [3.8, 4) is 5.75 Å². The minimum atomic E-state index is -0.835. The molecule has 0 fully saturated rings. The molecule has 0 saturated carbocycles. The SMILES string of the molecule is CCc1cc(CCCc2ccccc2)cc(CC)c1N=Nc1c(O)/c(=N/Nc2c(CC)cc(CCCc3ccccc3)cc2CC)c(=O)/c(=N/Nc2c(CC)cc(CCCc3ccccc3)cc2CC)c1=O. The normalized spacial score (nSPS) is 12.0. The van der Waals surface area contributed by atoms with E-state index in [0.717, 1.165) is 103 Å². The van der Waals surface area contributed by atoms with Gasteiger partial charge < -0.3 is 5.11 Å². The van der Waals surface area contributed by atoms with Crippen LogP contribution in [0.1, 0.15) is 128 Å². The highest BCUT2D eigenvalue weighted by atomic mass is 16.3. The zero-order valence-electron chi connectivity index (χ0n) is 43.3. The van der Waals surface area contributed by atoms with Gasteiger partial charge in [0, 0.05) is 0 Å². The number of aryl methyl sites for hydroxylation is 12. The number of nitrogens with one attached hydrogen (secondary N) is 2. The molecule has 0 aromatic heterocycles. The minimum absolute atomic E-state index is 0.361. The van der Waals surface area contributed by atoms with E-state index in [4.69, 9.17) is 5.11 Å². The summed E-state index contributed by atoms with van der Waals surface area (Å²) in [4.78, 5) is 29.2. The summed E-state index contributed by atoms with van der Waals surface area (Å²) in [6, 6.07) is 44.7. The van der Waals surface area contributed by atoms with Gasteiger partial charge in [-0.25, -0.2) is 0 Å². The number of rotatable bonds is 24. The van der Waals surface area contributed by atoms with Crippen LogP contribution in [-0.4, -0.2) is 5.11 Å². The number of aromatic hydroxyl groups is 1. The van der Waals surface area contributed by atoms with Gasteiger partial charge in [0.15, 0.2) is 22.2 Å². The summed E-state index contributed by atoms with van der Waals surface area (Å²) in [5.74, 6) is -0.647. The topological polar surface area (TPSA) is 128 Å². The second kappa shape index (κ2) is 26.3. The van der Waals surface area contributed by atoms with Gasteiger partial charge in [0.1, 0.15) is 0 Å². The molecule has 0 bridgehead atoms. The molecule has 0 aliphatic carbocycles. The Hall–Kier alpha value is -7.26. The van der Waals surface area contributed by atoms with E-state index < -0.39 is 27.7 Å². The van der Waals surface area contributed by atoms with Crippen LogP contribution in [0, 0.1) is 0 Å². The Morgan fingerprint density at radius 1 is 0.375 bits per heavy atom. The molecule has 3 N–H and O–H groups in total. The molecule has 0 aliphatic heterocycles. The molecule has 7 aromatic rings. The Morgan fingerprint density at radius 3 is 1.03 bits per heavy atom. The highest BCUT2D eigenvalue weighted by Gasteiger charge is 2.20. The predicted octanol–water partition coefficient (Wildman–Crippen LogP) is 13.2. The Balaban J connectivity index is 1.27. The third kappa shape index (κ3) is 13.4. The molecule has 0 radical (unpaired) electrons. The first-order valence-corrected chi connectivity index (χ1v) is 26.4. The number of benzene rings is 7. The van der Waals surface area contributed by atoms with Crippen molar-refractivity contribution in [2.24, 2.45) is 20.4 Å². The van der Waals surface area contributed by atoms with Gasteiger partial charge in [-0.05, 0) is 163 Å². The predicted molar refractivity (Wildman–Crippen MR) is 297 cm³/mol. The van der Waals surface area contributed by atoms with Crippen LogP contribution >= 0.6 is 0 Å². The zero-order valence-corrected chi connectivity index (χ0v) is 43.3. The number of nitrogens with zero attached hydrogens (tertiary/aromatic N) is 4. The molecule has 7 aromatic carbocycles. The van der Waals surface area contributed by atoms with Crippen molar-refractivity contribution in [3.05, 3.63) is 225 Å². The Kier molecular flexibility index (Phi) is 19.2. The maximum atomic E-state index is 14.6. The molecule has 372 valence electrons. The van der Waals surface area contributed by atoms with E-state index in [-0.39, 0.29) is 5.36 Å². The molecule has 0 heterocycles. The fourth-order valence-corrected chi connectivity index (χ4v) is 9.72. The van der Waals surface area contributed by atoms with Crippen molar-refractivity contribution in [3.63, 3.8) is 0 Å². The maximum Gasteiger partial charge on any atom is 0.241 e. The second-order valence-electron chi connectivity index (χ2n) is 18.7. The van der Waals surface area contributed by atoms with Crippen molar-refractivity contribution in [1.29, 1.82) is 0 Å². The lowest BCUT2D eigenvalue weighted by Gasteiger charge is -2.16. The van der Waals surface area contributed by atoms with Crippen LogP contribution < -0.4 is 32.4 Å². The van der Waals surface area contributed by atoms with Gasteiger partial charge in [0.2, 0.25) is 10.9 Å². The Bertz CT molecular complexity index is 3100. The third-order valence-corrected chi connectivity index (χ3v) is 13.8. The molecule has 0 spiro atoms. The number of hydrogen-bond donors (Lipinski definition) is 3. The fraction of sp³-hybridized carbons (Fsp3) is 0.333. The number of phenolic OH excluding ortho intramolecular Hbond substituents is 1. The largest absolute Gasteiger partial charge is 0.504 e. The fourth-order valence-electron chi connectivity index (χ4n) is 9.72. The molecule has 0 unspecified atom stereocenters. The molecule has 9 heteroatoms. The van der Waals surface area contributed by atoms with Gasteiger partial charge in [-0.2, -0.15) is 10.2 Å². The van der Waals surface area contributed by atoms with E-state index in [1.165, 1.54) is 33.4 Å². The molecular formula is C63H72N6O3. The quantitative estimate of drug-likeness (QED) is 0.0410. The maximum absolute atomic E-state index is 14.6. The van der Waals surface area contributed by atoms with Gasteiger partial charge >= 0.3 is 0 Å². The first-order valence-electron chi connectivity index (χ1n) is 26.4. The van der Waals surface area contributed by atoms with Crippen molar-refractivity contribution >= 4 is 22.7 Å². The van der Waals surface area contributed by atoms with Crippen LogP contribution in [-0.2, 0) is 77.0 Å². The molecule has 0 amide bonds. The van der Waals surface area contributed by atoms with Crippen molar-refractivity contribution < 1.29 is 5.11 Å². The van der Waals surface area contributed by atoms with Gasteiger partial charge in [-0.15, -0.1) is 10.2 Å². The Morgan fingerprint density at radius 2 is 0.681 bits per heavy atom. The van der Waals surface area contributed by atoms with Crippen molar-refractivity contribution in [2.45, 2.75) is 138 Å². The van der Waals surface area contributed by atoms with E-state index in [0.29, 0.717) is 44.2 Å². The lowest BCUT2D eigenvalue weighted by atomic mass is 9.96. The number of phenols is 1. The lowest BCUT2D eigenvalue weighted by Crippen LogP contribution is -2.48. The molecule has 0 atom stereocenters. The lowest BCUT2D eigenvalue weighted by molar-refractivity contribution is 0.467. The van der Waals surface area contributed by atoms with Crippen LogP contribution in [0.3, 0.4) is 0 Å². The molecule has 72 heavy (non-hydrogen) atoms. The Labute approximate surface area is 426 Å². The summed E-state index contributed by atoms with van der Waals surface area (Å²) in [6.07, 6.45) is 13.0. The third-order valence-electron chi connectivity index (χ3n) is 13.8. The summed E-state index contributed by atoms with van der Waals surface area (Å²) in [7, 11) is 0. The van der Waals surface area contributed by atoms with Crippen LogP contribution in [0.2, 0.25) is 0 Å². The molecule has 0 aliphatic rings. The van der Waals surface area contributed by atoms with Crippen molar-refractivity contribution in [1.82, 2.24) is 0 Å². The highest BCUT2D eigenvalue weighted by Crippen LogP contribution is 2.32. The average molecular weight is 961 g/mol. The summed E-state index contributed by atoms with van der Waals surface area (Å²) in [5.41, 5.74) is 20.2. The first kappa shape index (κ1) is 52.6. The monoisotopic (exact) mass is 961 g/mol. The van der Waals surface area contributed by atoms with Crippen LogP contribution in [0.5, 0.6) is 5.75 Å². The zero-order chi connectivity index (χ0) is 50.8. The molecule has 0 saturated heterocycles. The average Bonchev–Trinajstić information content (AvgIpc) is 3.41. The van der Waals surface area contributed by atoms with Crippen LogP contribution in [0.4, 0.5) is 22.7 Å². The number of hydrogen-bond acceptors (Lipinski definition) is 9. The minimum Gasteiger partial charge on any atom is -0.504 e. The van der Waals surface area contributed by atoms with Crippen LogP contribution in [0.25, 0.3) is 0 Å². The summed E-state index contributed by atoms with van der Waals surface area (Å²) in [6.45, 7) is 12.5. The smallest absolute Gasteiger partial charge is 0.241 e. The second-order valence-corrected chi connectivity index (χ2v) is 18.7. The van der Waals surface area contributed by atoms with Gasteiger partial charge in [0.05, 0.1) is 17.1 Å². The standard InChI is InChI=1S/C63H72N6O3/c1-7-49-37-46(34-22-31-43-25-16-13-17-26-43)38-50(8-2)55(49)64-67-58-61(70)59(68-65-56-51(9-3)39-47(40-52(56)10-4)35-23-32-44-27-18-14-19-28-44)63(72)60(62(58)71)69-66-57-53(11-5)41-48(42-54(57)12-6)36-24-33-45-29-20-15-21-30-45/h13-21,25-30,37-42,64-65,71H,7-12,22-24,31-36H2,1-6H3/b67-58+,68-59-,69-66?. The summed E-state index contributed by atoms with van der Waals surface area (Å²) in [5, 5.41) is 29.6. The summed E-state index contributed by atoms with van der Waals surface area (Å²) >= 11 is 0. The van der Waals surface area contributed by atoms with E-state index in [1.807, 2.05) is 18.2 Å². The van der Waals surface area contributed by atoms with E-state index in [2.05, 4.69) is 177 Å². The van der Waals surface area contributed by atoms with E-state index >= 15 is 0 Å². The van der Waals surface area contributed by atoms with E-state index in [9.17, 15) is 14.7 Å². The first-order chi connectivity index (χ1) is 35.2. The van der Waals surface area contributed by atoms with Gasteiger partial charge in [-0.1, -0.05) is 169 Å². The molecule has 7 rings (SSSR count). The highest BCUT2D eigenvalue weighted by molar-refractivity contribution is 5.61. The number of azo groups is 1. The molecular weight excluding hydrogens is 889 g/mol. The van der Waals surface area contributed by atoms with Gasteiger partial charge in [0.25, 0.3) is 0 Å². The summed E-state index contributed by atoms with van der Waals surface area (Å²) < 4.78 is 0. The van der Waals surface area contributed by atoms with Gasteiger partial charge in [-0.3, -0.25) is 20.4 Å². The van der Waals surface area contributed by atoms with Crippen LogP contribution in [0.15, 0.2) is 157 Å². The number of anilines is 2.